The third-order valence-electron chi connectivity index (χ3n) is 2.01. The van der Waals surface area contributed by atoms with E-state index in [1.165, 1.54) is 25.3 Å². The van der Waals surface area contributed by atoms with Crippen LogP contribution in [0.5, 0.6) is 5.75 Å². The SMILES string of the molecule is COc1cccc(S(=O)(=O)OC(=O)C(C)(C)O)c1. The topological polar surface area (TPSA) is 89.9 Å². The van der Waals surface area contributed by atoms with Crippen molar-refractivity contribution in [3.8, 4) is 5.75 Å². The number of rotatable bonds is 4. The molecule has 0 bridgehead atoms. The molecular formula is C11H14O6S. The molecule has 0 aliphatic rings. The number of aliphatic hydroxyl groups is 1. The Morgan fingerprint density at radius 1 is 1.33 bits per heavy atom. The van der Waals surface area contributed by atoms with E-state index in [4.69, 9.17) is 4.74 Å². The molecule has 0 aromatic heterocycles. The second-order valence-corrected chi connectivity index (χ2v) is 5.61. The van der Waals surface area contributed by atoms with Gasteiger partial charge in [0.05, 0.1) is 7.11 Å². The summed E-state index contributed by atoms with van der Waals surface area (Å²) in [6, 6.07) is 5.48. The number of methoxy groups -OCH3 is 1. The fourth-order valence-corrected chi connectivity index (χ4v) is 2.01. The normalized spacial score (nSPS) is 12.0. The standard InChI is InChI=1S/C11H14O6S/c1-11(2,13)10(12)17-18(14,15)9-6-4-5-8(7-9)16-3/h4-7,13H,1-3H3. The second kappa shape index (κ2) is 4.95. The molecule has 0 atom stereocenters. The number of hydrogen-bond donors (Lipinski definition) is 1. The molecule has 0 amide bonds. The van der Waals surface area contributed by atoms with Crippen LogP contribution in [-0.2, 0) is 19.1 Å². The van der Waals surface area contributed by atoms with Crippen LogP contribution < -0.4 is 4.74 Å². The van der Waals surface area contributed by atoms with Crippen LogP contribution in [0.15, 0.2) is 29.2 Å². The van der Waals surface area contributed by atoms with Crippen molar-refractivity contribution in [3.05, 3.63) is 24.3 Å². The molecule has 100 valence electrons. The van der Waals surface area contributed by atoms with Crippen molar-refractivity contribution in [3.63, 3.8) is 0 Å². The molecule has 18 heavy (non-hydrogen) atoms. The average Bonchev–Trinajstić information content (AvgIpc) is 2.27. The maximum Gasteiger partial charge on any atom is 0.353 e. The van der Waals surface area contributed by atoms with E-state index >= 15 is 0 Å². The van der Waals surface area contributed by atoms with Crippen LogP contribution in [0.25, 0.3) is 0 Å². The van der Waals surface area contributed by atoms with Crippen LogP contribution >= 0.6 is 0 Å². The zero-order valence-electron chi connectivity index (χ0n) is 10.2. The molecule has 0 saturated carbocycles. The summed E-state index contributed by atoms with van der Waals surface area (Å²) < 4.78 is 32.7. The predicted octanol–water partition coefficient (Wildman–Crippen LogP) is 0.698. The van der Waals surface area contributed by atoms with E-state index in [0.29, 0.717) is 5.75 Å². The van der Waals surface area contributed by atoms with Crippen molar-refractivity contribution in [1.82, 2.24) is 0 Å². The highest BCUT2D eigenvalue weighted by Crippen LogP contribution is 2.20. The quantitative estimate of drug-likeness (QED) is 0.813. The van der Waals surface area contributed by atoms with Gasteiger partial charge in [0.2, 0.25) is 0 Å². The summed E-state index contributed by atoms with van der Waals surface area (Å²) in [4.78, 5) is 11.1. The van der Waals surface area contributed by atoms with Crippen LogP contribution in [-0.4, -0.2) is 32.2 Å². The summed E-state index contributed by atoms with van der Waals surface area (Å²) in [6.07, 6.45) is 0. The molecule has 1 aromatic rings. The van der Waals surface area contributed by atoms with Crippen molar-refractivity contribution in [2.24, 2.45) is 0 Å². The molecule has 1 aromatic carbocycles. The van der Waals surface area contributed by atoms with E-state index in [9.17, 15) is 18.3 Å². The fraction of sp³-hybridized carbons (Fsp3) is 0.364. The van der Waals surface area contributed by atoms with Crippen LogP contribution in [0.4, 0.5) is 0 Å². The van der Waals surface area contributed by atoms with E-state index < -0.39 is 21.7 Å². The minimum atomic E-state index is -4.26. The lowest BCUT2D eigenvalue weighted by molar-refractivity contribution is -0.151. The zero-order chi connectivity index (χ0) is 14.0. The van der Waals surface area contributed by atoms with Crippen LogP contribution in [0.1, 0.15) is 13.8 Å². The smallest absolute Gasteiger partial charge is 0.353 e. The summed E-state index contributed by atoms with van der Waals surface area (Å²) >= 11 is 0. The van der Waals surface area contributed by atoms with E-state index in [2.05, 4.69) is 4.18 Å². The Morgan fingerprint density at radius 3 is 2.44 bits per heavy atom. The molecular weight excluding hydrogens is 260 g/mol. The van der Waals surface area contributed by atoms with Crippen molar-refractivity contribution in [2.75, 3.05) is 7.11 Å². The van der Waals surface area contributed by atoms with Crippen LogP contribution in [0, 0.1) is 0 Å². The summed E-state index contributed by atoms with van der Waals surface area (Å²) in [6.45, 7) is 2.27. The molecule has 0 saturated heterocycles. The first-order valence-electron chi connectivity index (χ1n) is 5.02. The van der Waals surface area contributed by atoms with Gasteiger partial charge in [-0.15, -0.1) is 0 Å². The maximum absolute atomic E-state index is 11.7. The van der Waals surface area contributed by atoms with E-state index in [0.717, 1.165) is 13.8 Å². The van der Waals surface area contributed by atoms with Gasteiger partial charge in [0.25, 0.3) is 0 Å². The minimum Gasteiger partial charge on any atom is -0.497 e. The molecule has 0 fully saturated rings. The maximum atomic E-state index is 11.7. The Bertz CT molecular complexity index is 541. The Hall–Kier alpha value is -1.60. The van der Waals surface area contributed by atoms with Gasteiger partial charge < -0.3 is 14.0 Å². The van der Waals surface area contributed by atoms with Crippen molar-refractivity contribution in [1.29, 1.82) is 0 Å². The summed E-state index contributed by atoms with van der Waals surface area (Å²) in [5, 5.41) is 9.33. The monoisotopic (exact) mass is 274 g/mol. The predicted molar refractivity (Wildman–Crippen MR) is 62.6 cm³/mol. The lowest BCUT2D eigenvalue weighted by Crippen LogP contribution is -2.34. The average molecular weight is 274 g/mol. The van der Waals surface area contributed by atoms with Gasteiger partial charge in [-0.25, -0.2) is 4.79 Å². The van der Waals surface area contributed by atoms with E-state index in [1.807, 2.05) is 0 Å². The molecule has 0 radical (unpaired) electrons. The van der Waals surface area contributed by atoms with Crippen molar-refractivity contribution in [2.45, 2.75) is 24.3 Å². The summed E-state index contributed by atoms with van der Waals surface area (Å²) in [5.41, 5.74) is -1.88. The highest BCUT2D eigenvalue weighted by molar-refractivity contribution is 7.87. The number of carbonyl (C=O) groups excluding carboxylic acids is 1. The molecule has 0 heterocycles. The second-order valence-electron chi connectivity index (χ2n) is 4.06. The van der Waals surface area contributed by atoms with Crippen LogP contribution in [0.3, 0.4) is 0 Å². The Balaban J connectivity index is 3.04. The van der Waals surface area contributed by atoms with E-state index in [-0.39, 0.29) is 4.90 Å². The fourth-order valence-electron chi connectivity index (χ4n) is 1.01. The molecule has 0 aliphatic heterocycles. The molecule has 1 N–H and O–H groups in total. The third-order valence-corrected chi connectivity index (χ3v) is 3.22. The molecule has 0 aliphatic carbocycles. The third kappa shape index (κ3) is 3.44. The molecule has 0 unspecified atom stereocenters. The first-order chi connectivity index (χ1) is 8.16. The first kappa shape index (κ1) is 14.5. The van der Waals surface area contributed by atoms with Gasteiger partial charge in [0.15, 0.2) is 5.60 Å². The molecule has 7 heteroatoms. The summed E-state index contributed by atoms with van der Waals surface area (Å²) in [5.74, 6) is -0.930. The van der Waals surface area contributed by atoms with Gasteiger partial charge >= 0.3 is 16.1 Å². The van der Waals surface area contributed by atoms with Gasteiger partial charge in [-0.05, 0) is 26.0 Å². The molecule has 6 nitrogen and oxygen atoms in total. The van der Waals surface area contributed by atoms with Gasteiger partial charge in [-0.2, -0.15) is 8.42 Å². The highest BCUT2D eigenvalue weighted by atomic mass is 32.2. The number of benzene rings is 1. The van der Waals surface area contributed by atoms with Gasteiger partial charge in [0.1, 0.15) is 10.6 Å². The minimum absolute atomic E-state index is 0.223. The van der Waals surface area contributed by atoms with Gasteiger partial charge in [-0.3, -0.25) is 0 Å². The lowest BCUT2D eigenvalue weighted by atomic mass is 10.1. The van der Waals surface area contributed by atoms with Gasteiger partial charge in [-0.1, -0.05) is 6.07 Å². The number of hydrogen-bond acceptors (Lipinski definition) is 6. The van der Waals surface area contributed by atoms with Crippen molar-refractivity contribution >= 4 is 16.1 Å². The van der Waals surface area contributed by atoms with E-state index in [1.54, 1.807) is 6.07 Å². The zero-order valence-corrected chi connectivity index (χ0v) is 11.0. The largest absolute Gasteiger partial charge is 0.497 e. The van der Waals surface area contributed by atoms with Crippen molar-refractivity contribution < 1.29 is 27.2 Å². The Morgan fingerprint density at radius 2 is 1.94 bits per heavy atom. The highest BCUT2D eigenvalue weighted by Gasteiger charge is 2.31. The molecule has 0 spiro atoms. The lowest BCUT2D eigenvalue weighted by Gasteiger charge is -2.15. The Labute approximate surface area is 105 Å². The van der Waals surface area contributed by atoms with Crippen LogP contribution in [0.2, 0.25) is 0 Å². The summed E-state index contributed by atoms with van der Waals surface area (Å²) in [7, 11) is -2.88. The Kier molecular flexibility index (Phi) is 3.98. The van der Waals surface area contributed by atoms with Gasteiger partial charge in [0, 0.05) is 6.07 Å². The first-order valence-corrected chi connectivity index (χ1v) is 6.43. The molecule has 1 rings (SSSR count). The number of ether oxygens (including phenoxy) is 1. The number of carbonyl (C=O) groups is 1.